The molecule has 1 aromatic heterocycles. The van der Waals surface area contributed by atoms with Crippen LogP contribution in [0.25, 0.3) is 11.8 Å². The van der Waals surface area contributed by atoms with Crippen LogP contribution in [0.4, 0.5) is 5.69 Å². The Balaban J connectivity index is 1.70. The van der Waals surface area contributed by atoms with Gasteiger partial charge in [0.2, 0.25) is 5.91 Å². The number of halogens is 1. The highest BCUT2D eigenvalue weighted by molar-refractivity contribution is 7.90. The van der Waals surface area contributed by atoms with Crippen molar-refractivity contribution in [1.29, 1.82) is 0 Å². The highest BCUT2D eigenvalue weighted by Crippen LogP contribution is 2.20. The molecule has 3 N–H and O–H groups in total. The monoisotopic (exact) mass is 518 g/mol. The van der Waals surface area contributed by atoms with Crippen molar-refractivity contribution < 1.29 is 23.1 Å². The first-order valence-electron chi connectivity index (χ1n) is 10.4. The van der Waals surface area contributed by atoms with Gasteiger partial charge in [-0.15, -0.1) is 5.10 Å². The van der Waals surface area contributed by atoms with Crippen LogP contribution < -0.4 is 10.6 Å². The van der Waals surface area contributed by atoms with Gasteiger partial charge in [-0.3, -0.25) is 4.79 Å². The van der Waals surface area contributed by atoms with E-state index < -0.39 is 27.8 Å². The molecule has 1 unspecified atom stereocenters. The molecule has 0 fully saturated rings. The van der Waals surface area contributed by atoms with Gasteiger partial charge in [0.05, 0.1) is 17.0 Å². The van der Waals surface area contributed by atoms with Crippen LogP contribution in [-0.2, 0) is 14.6 Å². The summed E-state index contributed by atoms with van der Waals surface area (Å²) >= 11 is 6.10. The second kappa shape index (κ2) is 11.6. The summed E-state index contributed by atoms with van der Waals surface area (Å²) in [5, 5.41) is 26.4. The summed E-state index contributed by atoms with van der Waals surface area (Å²) in [5.74, 6) is -1.59. The second-order valence-corrected chi connectivity index (χ2v) is 10.4. The van der Waals surface area contributed by atoms with E-state index >= 15 is 0 Å². The summed E-state index contributed by atoms with van der Waals surface area (Å²) in [5.41, 5.74) is 1.99. The Kier molecular flexibility index (Phi) is 8.55. The van der Waals surface area contributed by atoms with E-state index in [1.54, 1.807) is 36.4 Å². The summed E-state index contributed by atoms with van der Waals surface area (Å²) in [7, 11) is -3.24. The largest absolute Gasteiger partial charge is 0.478 e. The number of hydrogen-bond acceptors (Lipinski definition) is 8. The van der Waals surface area contributed by atoms with Gasteiger partial charge in [-0.2, -0.15) is 4.68 Å². The highest BCUT2D eigenvalue weighted by Gasteiger charge is 2.15. The Hall–Kier alpha value is -3.77. The van der Waals surface area contributed by atoms with E-state index in [0.29, 0.717) is 22.0 Å². The quantitative estimate of drug-likeness (QED) is 0.323. The number of nitrogens with zero attached hydrogens (tertiary/aromatic N) is 4. The van der Waals surface area contributed by atoms with Crippen LogP contribution in [0.1, 0.15) is 22.3 Å². The van der Waals surface area contributed by atoms with Crippen LogP contribution in [0.15, 0.2) is 54.9 Å². The minimum Gasteiger partial charge on any atom is -0.478 e. The van der Waals surface area contributed by atoms with E-state index in [-0.39, 0.29) is 24.3 Å². The van der Waals surface area contributed by atoms with Crippen LogP contribution in [0, 0.1) is 0 Å². The van der Waals surface area contributed by atoms with Gasteiger partial charge < -0.3 is 15.7 Å². The average molecular weight is 519 g/mol. The van der Waals surface area contributed by atoms with Gasteiger partial charge in [-0.1, -0.05) is 11.6 Å². The van der Waals surface area contributed by atoms with Crippen molar-refractivity contribution in [2.45, 2.75) is 12.5 Å². The first-order chi connectivity index (χ1) is 16.6. The minimum atomic E-state index is -3.24. The van der Waals surface area contributed by atoms with Crippen molar-refractivity contribution >= 4 is 45.1 Å². The molecular formula is C22H23ClN6O5S. The topological polar surface area (TPSA) is 156 Å². The molecule has 0 aliphatic carbocycles. The number of carbonyl (C=O) groups excluding carboxylic acids is 1. The lowest BCUT2D eigenvalue weighted by Crippen LogP contribution is -2.40. The normalized spacial score (nSPS) is 12.4. The molecule has 0 spiro atoms. The summed E-state index contributed by atoms with van der Waals surface area (Å²) in [6.45, 7) is 0.231. The first kappa shape index (κ1) is 25.8. The molecule has 1 heterocycles. The number of carboxylic acid groups (broad SMARTS) is 1. The van der Waals surface area contributed by atoms with E-state index in [1.807, 2.05) is 0 Å². The van der Waals surface area contributed by atoms with Gasteiger partial charge in [-0.25, -0.2) is 13.2 Å². The number of anilines is 1. The van der Waals surface area contributed by atoms with Gasteiger partial charge in [-0.05, 0) is 65.4 Å². The number of nitrogens with one attached hydrogen (secondary N) is 2. The SMILES string of the molecule is CS(=O)(=O)CCC(CNc1ccc(C(=O)O)cc1)NC(=O)/C=C/c1cc(Cl)ccc1-n1cnnn1. The van der Waals surface area contributed by atoms with Crippen LogP contribution in [0.5, 0.6) is 0 Å². The van der Waals surface area contributed by atoms with Crippen LogP contribution >= 0.6 is 11.6 Å². The predicted octanol–water partition coefficient (Wildman–Crippen LogP) is 2.06. The Bertz CT molecular complexity index is 1310. The summed E-state index contributed by atoms with van der Waals surface area (Å²) < 4.78 is 24.7. The molecule has 3 aromatic rings. The molecule has 1 atom stereocenters. The van der Waals surface area contributed by atoms with Crippen molar-refractivity contribution in [2.75, 3.05) is 23.9 Å². The standard InChI is InChI=1S/C22H23ClN6O5S/c1-35(33,34)11-10-19(13-24-18-6-2-15(3-7-18)22(31)32)26-21(30)9-4-16-12-17(23)5-8-20(16)29-14-25-27-28-29/h2-9,12,14,19,24H,10-11,13H2,1H3,(H,26,30)(H,31,32)/b9-4+. The van der Waals surface area contributed by atoms with Crippen LogP contribution in [-0.4, -0.2) is 70.2 Å². The lowest BCUT2D eigenvalue weighted by molar-refractivity contribution is -0.117. The van der Waals surface area contributed by atoms with Gasteiger partial charge in [0, 0.05) is 41.2 Å². The number of amides is 1. The lowest BCUT2D eigenvalue weighted by Gasteiger charge is -2.19. The summed E-state index contributed by atoms with van der Waals surface area (Å²) in [6.07, 6.45) is 5.60. The Labute approximate surface area is 206 Å². The molecule has 35 heavy (non-hydrogen) atoms. The van der Waals surface area contributed by atoms with Gasteiger partial charge >= 0.3 is 5.97 Å². The number of tetrazole rings is 1. The zero-order valence-electron chi connectivity index (χ0n) is 18.6. The average Bonchev–Trinajstić information content (AvgIpc) is 3.34. The molecule has 0 bridgehead atoms. The maximum atomic E-state index is 12.6. The molecule has 11 nitrogen and oxygen atoms in total. The zero-order chi connectivity index (χ0) is 25.4. The molecule has 2 aromatic carbocycles. The van der Waals surface area contributed by atoms with Crippen molar-refractivity contribution in [3.63, 3.8) is 0 Å². The fraction of sp³-hybridized carbons (Fsp3) is 0.227. The number of sulfone groups is 1. The maximum absolute atomic E-state index is 12.6. The van der Waals surface area contributed by atoms with Crippen LogP contribution in [0.3, 0.4) is 0 Å². The Morgan fingerprint density at radius 3 is 2.57 bits per heavy atom. The molecule has 0 saturated heterocycles. The maximum Gasteiger partial charge on any atom is 0.335 e. The molecule has 1 amide bonds. The van der Waals surface area contributed by atoms with E-state index in [0.717, 1.165) is 6.26 Å². The molecule has 0 saturated carbocycles. The Morgan fingerprint density at radius 1 is 1.20 bits per heavy atom. The van der Waals surface area contributed by atoms with Crippen molar-refractivity contribution in [2.24, 2.45) is 0 Å². The molecule has 0 radical (unpaired) electrons. The molecule has 3 rings (SSSR count). The molecule has 0 aliphatic rings. The number of benzene rings is 2. The van der Waals surface area contributed by atoms with Gasteiger partial charge in [0.25, 0.3) is 0 Å². The van der Waals surface area contributed by atoms with Gasteiger partial charge in [0.1, 0.15) is 16.2 Å². The fourth-order valence-electron chi connectivity index (χ4n) is 3.11. The van der Waals surface area contributed by atoms with Crippen molar-refractivity contribution in [3.05, 3.63) is 71.0 Å². The number of aromatic carboxylic acids is 1. The molecular weight excluding hydrogens is 496 g/mol. The van der Waals surface area contributed by atoms with Gasteiger partial charge in [0.15, 0.2) is 0 Å². The molecule has 0 aliphatic heterocycles. The first-order valence-corrected chi connectivity index (χ1v) is 12.8. The van der Waals surface area contributed by atoms with Crippen molar-refractivity contribution in [3.8, 4) is 5.69 Å². The number of rotatable bonds is 11. The van der Waals surface area contributed by atoms with E-state index in [2.05, 4.69) is 26.2 Å². The number of hydrogen-bond donors (Lipinski definition) is 3. The fourth-order valence-corrected chi connectivity index (χ4v) is 4.00. The number of carboxylic acids is 1. The summed E-state index contributed by atoms with van der Waals surface area (Å²) in [4.78, 5) is 23.6. The number of carbonyl (C=O) groups is 2. The number of aromatic nitrogens is 4. The Morgan fingerprint density at radius 2 is 1.94 bits per heavy atom. The lowest BCUT2D eigenvalue weighted by atomic mass is 10.1. The third-order valence-electron chi connectivity index (χ3n) is 4.87. The predicted molar refractivity (Wildman–Crippen MR) is 131 cm³/mol. The summed E-state index contributed by atoms with van der Waals surface area (Å²) in [6, 6.07) is 10.6. The van der Waals surface area contributed by atoms with Crippen molar-refractivity contribution in [1.82, 2.24) is 25.5 Å². The van der Waals surface area contributed by atoms with E-state index in [4.69, 9.17) is 16.7 Å². The highest BCUT2D eigenvalue weighted by atomic mass is 35.5. The third kappa shape index (κ3) is 8.19. The van der Waals surface area contributed by atoms with E-state index in [9.17, 15) is 18.0 Å². The minimum absolute atomic E-state index is 0.112. The zero-order valence-corrected chi connectivity index (χ0v) is 20.2. The smallest absolute Gasteiger partial charge is 0.335 e. The van der Waals surface area contributed by atoms with Crippen LogP contribution in [0.2, 0.25) is 5.02 Å². The molecule has 13 heteroatoms. The van der Waals surface area contributed by atoms with E-state index in [1.165, 1.54) is 29.2 Å². The second-order valence-electron chi connectivity index (χ2n) is 7.68. The third-order valence-corrected chi connectivity index (χ3v) is 6.08. The molecule has 184 valence electrons.